The second kappa shape index (κ2) is 6.16. The van der Waals surface area contributed by atoms with Crippen molar-refractivity contribution in [2.75, 3.05) is 19.6 Å². The Morgan fingerprint density at radius 1 is 1.30 bits per heavy atom. The van der Waals surface area contributed by atoms with Gasteiger partial charge in [0.1, 0.15) is 0 Å². The normalized spacial score (nSPS) is 25.4. The summed E-state index contributed by atoms with van der Waals surface area (Å²) in [5.74, 6) is 0.894. The third kappa shape index (κ3) is 2.95. The Morgan fingerprint density at radius 2 is 2.05 bits per heavy atom. The molecule has 0 saturated carbocycles. The number of rotatable bonds is 3. The van der Waals surface area contributed by atoms with Gasteiger partial charge in [-0.15, -0.1) is 0 Å². The van der Waals surface area contributed by atoms with Gasteiger partial charge >= 0.3 is 0 Å². The van der Waals surface area contributed by atoms with E-state index in [9.17, 15) is 0 Å². The number of hydrogen-bond donors (Lipinski definition) is 1. The lowest BCUT2D eigenvalue weighted by Gasteiger charge is -2.34. The highest BCUT2D eigenvalue weighted by Crippen LogP contribution is 2.28. The van der Waals surface area contributed by atoms with Gasteiger partial charge in [-0.3, -0.25) is 9.58 Å². The SMILES string of the molecule is Cc1nn(C)c(CN2CCC(C3CCCN3)CC2)c1Br. The van der Waals surface area contributed by atoms with E-state index < -0.39 is 0 Å². The zero-order valence-corrected chi connectivity index (χ0v) is 14.1. The van der Waals surface area contributed by atoms with E-state index in [0.29, 0.717) is 0 Å². The molecule has 20 heavy (non-hydrogen) atoms. The largest absolute Gasteiger partial charge is 0.314 e. The molecule has 3 rings (SSSR count). The Labute approximate surface area is 130 Å². The molecule has 5 heteroatoms. The molecule has 0 amide bonds. The van der Waals surface area contributed by atoms with Crippen LogP contribution >= 0.6 is 15.9 Å². The van der Waals surface area contributed by atoms with Crippen molar-refractivity contribution in [2.24, 2.45) is 13.0 Å². The van der Waals surface area contributed by atoms with Crippen molar-refractivity contribution < 1.29 is 0 Å². The van der Waals surface area contributed by atoms with E-state index in [0.717, 1.165) is 24.2 Å². The van der Waals surface area contributed by atoms with Gasteiger partial charge in [0.05, 0.1) is 15.9 Å². The van der Waals surface area contributed by atoms with Crippen molar-refractivity contribution in [2.45, 2.75) is 45.2 Å². The summed E-state index contributed by atoms with van der Waals surface area (Å²) in [5, 5.41) is 8.16. The van der Waals surface area contributed by atoms with Crippen LogP contribution in [0.4, 0.5) is 0 Å². The Bertz CT molecular complexity index is 457. The quantitative estimate of drug-likeness (QED) is 0.917. The zero-order valence-electron chi connectivity index (χ0n) is 12.5. The van der Waals surface area contributed by atoms with Crippen LogP contribution in [0.15, 0.2) is 4.47 Å². The fraction of sp³-hybridized carbons (Fsp3) is 0.800. The van der Waals surface area contributed by atoms with Crippen molar-refractivity contribution in [3.05, 3.63) is 15.9 Å². The van der Waals surface area contributed by atoms with Gasteiger partial charge in [0.25, 0.3) is 0 Å². The number of aryl methyl sites for hydroxylation is 2. The highest BCUT2D eigenvalue weighted by atomic mass is 79.9. The van der Waals surface area contributed by atoms with E-state index in [1.165, 1.54) is 55.5 Å². The fourth-order valence-corrected chi connectivity index (χ4v) is 4.15. The molecule has 0 radical (unpaired) electrons. The fourth-order valence-electron chi connectivity index (χ4n) is 3.69. The van der Waals surface area contributed by atoms with Crippen LogP contribution in [0.25, 0.3) is 0 Å². The summed E-state index contributed by atoms with van der Waals surface area (Å²) >= 11 is 3.67. The van der Waals surface area contributed by atoms with E-state index in [4.69, 9.17) is 0 Å². The molecule has 112 valence electrons. The van der Waals surface area contributed by atoms with Gasteiger partial charge in [-0.1, -0.05) is 0 Å². The molecule has 0 bridgehead atoms. The van der Waals surface area contributed by atoms with Crippen LogP contribution in [0.3, 0.4) is 0 Å². The first-order valence-corrected chi connectivity index (χ1v) is 8.58. The van der Waals surface area contributed by atoms with Crippen molar-refractivity contribution in [3.63, 3.8) is 0 Å². The maximum absolute atomic E-state index is 4.49. The maximum Gasteiger partial charge on any atom is 0.0739 e. The average molecular weight is 341 g/mol. The summed E-state index contributed by atoms with van der Waals surface area (Å²) in [6.07, 6.45) is 5.43. The molecule has 4 nitrogen and oxygen atoms in total. The molecule has 2 aliphatic heterocycles. The first kappa shape index (κ1) is 14.5. The van der Waals surface area contributed by atoms with Gasteiger partial charge < -0.3 is 5.32 Å². The van der Waals surface area contributed by atoms with Gasteiger partial charge in [-0.05, 0) is 74.1 Å². The Hall–Kier alpha value is -0.390. The van der Waals surface area contributed by atoms with Crippen LogP contribution in [0.5, 0.6) is 0 Å². The van der Waals surface area contributed by atoms with Crippen molar-refractivity contribution >= 4 is 15.9 Å². The number of halogens is 1. The minimum absolute atomic E-state index is 0.794. The minimum Gasteiger partial charge on any atom is -0.314 e. The molecular weight excluding hydrogens is 316 g/mol. The van der Waals surface area contributed by atoms with Crippen LogP contribution in [0.2, 0.25) is 0 Å². The topological polar surface area (TPSA) is 33.1 Å². The van der Waals surface area contributed by atoms with Crippen LogP contribution < -0.4 is 5.32 Å². The molecule has 0 aromatic carbocycles. The third-order valence-corrected chi connectivity index (χ3v) is 5.97. The summed E-state index contributed by atoms with van der Waals surface area (Å²) < 4.78 is 3.20. The number of nitrogens with zero attached hydrogens (tertiary/aromatic N) is 3. The third-order valence-electron chi connectivity index (χ3n) is 4.93. The molecule has 1 atom stereocenters. The molecular formula is C15H25BrN4. The van der Waals surface area contributed by atoms with E-state index in [2.05, 4.69) is 38.2 Å². The summed E-state index contributed by atoms with van der Waals surface area (Å²) in [6.45, 7) is 6.75. The highest BCUT2D eigenvalue weighted by molar-refractivity contribution is 9.10. The molecule has 2 aliphatic rings. The average Bonchev–Trinajstić information content (AvgIpc) is 3.05. The van der Waals surface area contributed by atoms with E-state index in [1.54, 1.807) is 0 Å². The van der Waals surface area contributed by atoms with Gasteiger partial charge in [-0.2, -0.15) is 5.10 Å². The van der Waals surface area contributed by atoms with Gasteiger partial charge in [-0.25, -0.2) is 0 Å². The van der Waals surface area contributed by atoms with E-state index in [1.807, 2.05) is 11.7 Å². The molecule has 0 spiro atoms. The number of piperidine rings is 1. The monoisotopic (exact) mass is 340 g/mol. The smallest absolute Gasteiger partial charge is 0.0739 e. The maximum atomic E-state index is 4.49. The van der Waals surface area contributed by atoms with Crippen LogP contribution in [0.1, 0.15) is 37.1 Å². The predicted octanol–water partition coefficient (Wildman–Crippen LogP) is 2.46. The number of likely N-dealkylation sites (tertiary alicyclic amines) is 1. The first-order chi connectivity index (χ1) is 9.65. The number of aromatic nitrogens is 2. The molecule has 1 aromatic heterocycles. The van der Waals surface area contributed by atoms with Crippen molar-refractivity contribution in [1.82, 2.24) is 20.0 Å². The lowest BCUT2D eigenvalue weighted by Crippen LogP contribution is -2.40. The summed E-state index contributed by atoms with van der Waals surface area (Å²) in [7, 11) is 2.04. The van der Waals surface area contributed by atoms with Crippen LogP contribution in [0, 0.1) is 12.8 Å². The van der Waals surface area contributed by atoms with E-state index in [-0.39, 0.29) is 0 Å². The molecule has 2 saturated heterocycles. The minimum atomic E-state index is 0.794. The lowest BCUT2D eigenvalue weighted by atomic mass is 9.88. The van der Waals surface area contributed by atoms with E-state index >= 15 is 0 Å². The van der Waals surface area contributed by atoms with Crippen LogP contribution in [-0.4, -0.2) is 40.4 Å². The van der Waals surface area contributed by atoms with Crippen LogP contribution in [-0.2, 0) is 13.6 Å². The van der Waals surface area contributed by atoms with Crippen molar-refractivity contribution in [1.29, 1.82) is 0 Å². The lowest BCUT2D eigenvalue weighted by molar-refractivity contribution is 0.154. The first-order valence-electron chi connectivity index (χ1n) is 7.79. The highest BCUT2D eigenvalue weighted by Gasteiger charge is 2.28. The molecule has 2 fully saturated rings. The standard InChI is InChI=1S/C15H25BrN4/c1-11-15(16)14(19(2)18-11)10-20-8-5-12(6-9-20)13-4-3-7-17-13/h12-13,17H,3-10H2,1-2H3. The van der Waals surface area contributed by atoms with Gasteiger partial charge in [0.15, 0.2) is 0 Å². The Kier molecular flexibility index (Phi) is 4.48. The summed E-state index contributed by atoms with van der Waals surface area (Å²) in [4.78, 5) is 2.58. The second-order valence-corrected chi connectivity index (χ2v) is 7.08. The predicted molar refractivity (Wildman–Crippen MR) is 84.7 cm³/mol. The van der Waals surface area contributed by atoms with Gasteiger partial charge in [0, 0.05) is 19.6 Å². The molecule has 0 aliphatic carbocycles. The number of nitrogens with one attached hydrogen (secondary N) is 1. The molecule has 3 heterocycles. The van der Waals surface area contributed by atoms with Crippen molar-refractivity contribution in [3.8, 4) is 0 Å². The zero-order chi connectivity index (χ0) is 14.1. The van der Waals surface area contributed by atoms with Gasteiger partial charge in [0.2, 0.25) is 0 Å². The number of hydrogen-bond acceptors (Lipinski definition) is 3. The summed E-state index contributed by atoms with van der Waals surface area (Å²) in [6, 6.07) is 0.794. The molecule has 1 N–H and O–H groups in total. The summed E-state index contributed by atoms with van der Waals surface area (Å²) in [5.41, 5.74) is 2.40. The molecule has 1 unspecified atom stereocenters. The Morgan fingerprint density at radius 3 is 2.60 bits per heavy atom. The molecule has 1 aromatic rings. The second-order valence-electron chi connectivity index (χ2n) is 6.29. The Balaban J connectivity index is 1.55.